The van der Waals surface area contributed by atoms with E-state index in [4.69, 9.17) is 4.74 Å². The zero-order valence-electron chi connectivity index (χ0n) is 7.50. The Labute approximate surface area is 80.4 Å². The lowest BCUT2D eigenvalue weighted by Gasteiger charge is -2.02. The molecular formula is C10H10O2S. The quantitative estimate of drug-likeness (QED) is 0.756. The molecule has 0 atom stereocenters. The van der Waals surface area contributed by atoms with Gasteiger partial charge in [-0.2, -0.15) is 0 Å². The molecule has 3 heteroatoms. The Hall–Kier alpha value is -1.22. The van der Waals surface area contributed by atoms with Gasteiger partial charge in [-0.05, 0) is 29.3 Å². The summed E-state index contributed by atoms with van der Waals surface area (Å²) >= 11 is 1.63. The van der Waals surface area contributed by atoms with Gasteiger partial charge in [-0.25, -0.2) is 0 Å². The molecule has 0 spiro atoms. The van der Waals surface area contributed by atoms with Gasteiger partial charge in [-0.3, -0.25) is 0 Å². The predicted octanol–water partition coefficient (Wildman–Crippen LogP) is 2.92. The number of thiophene rings is 1. The van der Waals surface area contributed by atoms with Crippen molar-refractivity contribution in [3.8, 4) is 11.5 Å². The Morgan fingerprint density at radius 1 is 1.38 bits per heavy atom. The molecule has 2 rings (SSSR count). The maximum absolute atomic E-state index is 9.50. The molecule has 0 aliphatic carbocycles. The zero-order valence-corrected chi connectivity index (χ0v) is 8.31. The first kappa shape index (κ1) is 8.38. The van der Waals surface area contributed by atoms with Crippen LogP contribution < -0.4 is 4.74 Å². The minimum Gasteiger partial charge on any atom is -0.504 e. The molecule has 2 nitrogen and oxygen atoms in total. The van der Waals surface area contributed by atoms with Crippen LogP contribution in [0.15, 0.2) is 17.5 Å². The maximum Gasteiger partial charge on any atom is 0.161 e. The molecule has 0 bridgehead atoms. The smallest absolute Gasteiger partial charge is 0.161 e. The fraction of sp³-hybridized carbons (Fsp3) is 0.200. The number of phenolic OH excluding ortho intramolecular Hbond substituents is 1. The number of hydrogen-bond donors (Lipinski definition) is 1. The second kappa shape index (κ2) is 2.92. The van der Waals surface area contributed by atoms with Gasteiger partial charge in [0, 0.05) is 10.8 Å². The molecule has 1 heterocycles. The predicted molar refractivity (Wildman–Crippen MR) is 54.8 cm³/mol. The number of aryl methyl sites for hydroxylation is 1. The van der Waals surface area contributed by atoms with Crippen LogP contribution in [0.1, 0.15) is 5.56 Å². The van der Waals surface area contributed by atoms with E-state index >= 15 is 0 Å². The van der Waals surface area contributed by atoms with Crippen molar-refractivity contribution in [2.45, 2.75) is 6.92 Å². The van der Waals surface area contributed by atoms with Gasteiger partial charge in [-0.15, -0.1) is 11.3 Å². The molecule has 0 aliphatic heterocycles. The first-order chi connectivity index (χ1) is 6.22. The Kier molecular flexibility index (Phi) is 1.88. The first-order valence-electron chi connectivity index (χ1n) is 3.97. The van der Waals surface area contributed by atoms with Gasteiger partial charge >= 0.3 is 0 Å². The first-order valence-corrected chi connectivity index (χ1v) is 4.85. The Bertz CT molecular complexity index is 445. The third-order valence-electron chi connectivity index (χ3n) is 2.07. The second-order valence-electron chi connectivity index (χ2n) is 2.94. The molecule has 68 valence electrons. The van der Waals surface area contributed by atoms with Gasteiger partial charge in [0.1, 0.15) is 0 Å². The number of phenols is 1. The van der Waals surface area contributed by atoms with E-state index in [-0.39, 0.29) is 5.75 Å². The molecule has 0 aliphatic rings. The van der Waals surface area contributed by atoms with Crippen molar-refractivity contribution < 1.29 is 9.84 Å². The van der Waals surface area contributed by atoms with Crippen molar-refractivity contribution in [1.82, 2.24) is 0 Å². The number of hydrogen-bond acceptors (Lipinski definition) is 3. The van der Waals surface area contributed by atoms with E-state index in [1.807, 2.05) is 6.07 Å². The van der Waals surface area contributed by atoms with Crippen molar-refractivity contribution in [2.75, 3.05) is 7.11 Å². The molecule has 0 fully saturated rings. The fourth-order valence-corrected chi connectivity index (χ4v) is 2.29. The molecule has 0 unspecified atom stereocenters. The highest BCUT2D eigenvalue weighted by atomic mass is 32.1. The number of ether oxygens (including phenoxy) is 1. The van der Waals surface area contributed by atoms with Crippen LogP contribution in [-0.4, -0.2) is 12.2 Å². The molecule has 13 heavy (non-hydrogen) atoms. The van der Waals surface area contributed by atoms with Crippen LogP contribution in [0, 0.1) is 6.92 Å². The summed E-state index contributed by atoms with van der Waals surface area (Å²) in [6.45, 7) is 2.05. The normalized spacial score (nSPS) is 10.6. The monoisotopic (exact) mass is 194 g/mol. The van der Waals surface area contributed by atoms with Crippen LogP contribution in [0.3, 0.4) is 0 Å². The van der Waals surface area contributed by atoms with Gasteiger partial charge < -0.3 is 9.84 Å². The molecular weight excluding hydrogens is 184 g/mol. The highest BCUT2D eigenvalue weighted by molar-refractivity contribution is 7.17. The fourth-order valence-electron chi connectivity index (χ4n) is 1.33. The van der Waals surface area contributed by atoms with Gasteiger partial charge in [-0.1, -0.05) is 0 Å². The highest BCUT2D eigenvalue weighted by Gasteiger charge is 2.06. The Morgan fingerprint density at radius 3 is 2.85 bits per heavy atom. The number of fused-ring (bicyclic) bond motifs is 1. The van der Waals surface area contributed by atoms with E-state index in [2.05, 4.69) is 12.3 Å². The van der Waals surface area contributed by atoms with E-state index in [9.17, 15) is 5.11 Å². The standard InChI is InChI=1S/C10H10O2S/c1-6-5-13-10-4-8(11)9(12-2)3-7(6)10/h3-5,11H,1-2H3. The van der Waals surface area contributed by atoms with E-state index in [0.29, 0.717) is 5.75 Å². The van der Waals surface area contributed by atoms with E-state index in [0.717, 1.165) is 10.1 Å². The molecule has 1 aromatic carbocycles. The minimum atomic E-state index is 0.205. The Morgan fingerprint density at radius 2 is 2.15 bits per heavy atom. The van der Waals surface area contributed by atoms with Crippen LogP contribution in [0.2, 0.25) is 0 Å². The molecule has 1 N–H and O–H groups in total. The summed E-state index contributed by atoms with van der Waals surface area (Å²) in [7, 11) is 1.56. The molecule has 2 aromatic rings. The third-order valence-corrected chi connectivity index (χ3v) is 3.13. The summed E-state index contributed by atoms with van der Waals surface area (Å²) in [5.41, 5.74) is 1.22. The van der Waals surface area contributed by atoms with Crippen molar-refractivity contribution in [1.29, 1.82) is 0 Å². The lowest BCUT2D eigenvalue weighted by molar-refractivity contribution is 0.374. The van der Waals surface area contributed by atoms with E-state index in [1.165, 1.54) is 5.56 Å². The number of rotatable bonds is 1. The van der Waals surface area contributed by atoms with Crippen molar-refractivity contribution in [2.24, 2.45) is 0 Å². The van der Waals surface area contributed by atoms with Gasteiger partial charge in [0.15, 0.2) is 11.5 Å². The minimum absolute atomic E-state index is 0.205. The number of benzene rings is 1. The Balaban J connectivity index is 2.77. The van der Waals surface area contributed by atoms with Crippen molar-refractivity contribution >= 4 is 21.4 Å². The lowest BCUT2D eigenvalue weighted by atomic mass is 10.2. The lowest BCUT2D eigenvalue weighted by Crippen LogP contribution is -1.82. The van der Waals surface area contributed by atoms with E-state index in [1.54, 1.807) is 24.5 Å². The van der Waals surface area contributed by atoms with Crippen LogP contribution in [0.25, 0.3) is 10.1 Å². The highest BCUT2D eigenvalue weighted by Crippen LogP contribution is 2.35. The zero-order chi connectivity index (χ0) is 9.42. The molecule has 0 radical (unpaired) electrons. The molecule has 0 saturated heterocycles. The molecule has 0 saturated carbocycles. The topological polar surface area (TPSA) is 29.5 Å². The van der Waals surface area contributed by atoms with Gasteiger partial charge in [0.05, 0.1) is 7.11 Å². The van der Waals surface area contributed by atoms with Gasteiger partial charge in [0.2, 0.25) is 0 Å². The SMILES string of the molecule is COc1cc2c(C)csc2cc1O. The average Bonchev–Trinajstić information content (AvgIpc) is 2.46. The summed E-state index contributed by atoms with van der Waals surface area (Å²) in [6, 6.07) is 3.61. The average molecular weight is 194 g/mol. The van der Waals surface area contributed by atoms with Crippen LogP contribution >= 0.6 is 11.3 Å². The maximum atomic E-state index is 9.50. The second-order valence-corrected chi connectivity index (χ2v) is 3.85. The van der Waals surface area contributed by atoms with Crippen LogP contribution in [0.4, 0.5) is 0 Å². The summed E-state index contributed by atoms with van der Waals surface area (Å²) in [6.07, 6.45) is 0. The number of methoxy groups -OCH3 is 1. The largest absolute Gasteiger partial charge is 0.504 e. The van der Waals surface area contributed by atoms with Crippen molar-refractivity contribution in [3.63, 3.8) is 0 Å². The van der Waals surface area contributed by atoms with Gasteiger partial charge in [0.25, 0.3) is 0 Å². The summed E-state index contributed by atoms with van der Waals surface area (Å²) in [4.78, 5) is 0. The van der Waals surface area contributed by atoms with Crippen LogP contribution in [-0.2, 0) is 0 Å². The number of aromatic hydroxyl groups is 1. The third kappa shape index (κ3) is 1.25. The van der Waals surface area contributed by atoms with Crippen molar-refractivity contribution in [3.05, 3.63) is 23.1 Å². The molecule has 0 amide bonds. The van der Waals surface area contributed by atoms with E-state index < -0.39 is 0 Å². The molecule has 1 aromatic heterocycles. The summed E-state index contributed by atoms with van der Waals surface area (Å²) < 4.78 is 6.13. The van der Waals surface area contributed by atoms with Crippen LogP contribution in [0.5, 0.6) is 11.5 Å². The summed E-state index contributed by atoms with van der Waals surface area (Å²) in [5.74, 6) is 0.742. The summed E-state index contributed by atoms with van der Waals surface area (Å²) in [5, 5.41) is 12.7.